The van der Waals surface area contributed by atoms with E-state index in [0.29, 0.717) is 12.1 Å². The molecule has 0 spiro atoms. The highest BCUT2D eigenvalue weighted by Gasteiger charge is 2.06. The molecule has 2 nitrogen and oxygen atoms in total. The highest BCUT2D eigenvalue weighted by Crippen LogP contribution is 2.01. The molecule has 2 unspecified atom stereocenters. The second-order valence-corrected chi connectivity index (χ2v) is 3.57. The number of hydrogen-bond donors (Lipinski definition) is 1. The third-order valence-corrected chi connectivity index (χ3v) is 2.28. The first-order valence-corrected chi connectivity index (χ1v) is 5.59. The number of hydrogen-bond acceptors (Lipinski definition) is 2. The number of nitrogens with one attached hydrogen (secondary N) is 1. The lowest BCUT2D eigenvalue weighted by atomic mass is 10.1. The van der Waals surface area contributed by atoms with Crippen LogP contribution in [0.15, 0.2) is 0 Å². The van der Waals surface area contributed by atoms with Crippen LogP contribution in [0.5, 0.6) is 0 Å². The van der Waals surface area contributed by atoms with E-state index in [1.807, 2.05) is 6.92 Å². The van der Waals surface area contributed by atoms with Crippen molar-refractivity contribution in [3.05, 3.63) is 0 Å². The Morgan fingerprint density at radius 3 is 2.38 bits per heavy atom. The fourth-order valence-corrected chi connectivity index (χ4v) is 1.48. The van der Waals surface area contributed by atoms with E-state index in [1.54, 1.807) is 0 Å². The topological polar surface area (TPSA) is 21.3 Å². The smallest absolute Gasteiger partial charge is 0.0671 e. The average molecular weight is 187 g/mol. The van der Waals surface area contributed by atoms with Crippen molar-refractivity contribution in [2.24, 2.45) is 0 Å². The van der Waals surface area contributed by atoms with Crippen molar-refractivity contribution in [2.75, 3.05) is 13.2 Å². The van der Waals surface area contributed by atoms with Gasteiger partial charge < -0.3 is 10.1 Å². The Bertz CT molecular complexity index is 106. The van der Waals surface area contributed by atoms with Crippen LogP contribution < -0.4 is 5.32 Å². The predicted molar refractivity (Wildman–Crippen MR) is 58.1 cm³/mol. The zero-order valence-electron chi connectivity index (χ0n) is 9.60. The molecule has 0 heterocycles. The summed E-state index contributed by atoms with van der Waals surface area (Å²) in [6.45, 7) is 10.4. The second kappa shape index (κ2) is 8.52. The lowest BCUT2D eigenvalue weighted by Crippen LogP contribution is -2.35. The second-order valence-electron chi connectivity index (χ2n) is 3.57. The van der Waals surface area contributed by atoms with Crippen molar-refractivity contribution in [1.82, 2.24) is 5.32 Å². The van der Waals surface area contributed by atoms with Gasteiger partial charge in [-0.05, 0) is 26.7 Å². The van der Waals surface area contributed by atoms with Crippen molar-refractivity contribution < 1.29 is 4.74 Å². The minimum atomic E-state index is 0.343. The Morgan fingerprint density at radius 2 is 1.92 bits per heavy atom. The van der Waals surface area contributed by atoms with E-state index >= 15 is 0 Å². The van der Waals surface area contributed by atoms with Crippen molar-refractivity contribution in [3.63, 3.8) is 0 Å². The molecule has 0 bridgehead atoms. The van der Waals surface area contributed by atoms with Crippen LogP contribution in [0.3, 0.4) is 0 Å². The summed E-state index contributed by atoms with van der Waals surface area (Å²) in [6.07, 6.45) is 4.09. The molecule has 0 aromatic rings. The number of ether oxygens (including phenoxy) is 1. The minimum Gasteiger partial charge on any atom is -0.377 e. The third kappa shape index (κ3) is 7.03. The molecule has 0 aliphatic heterocycles. The Kier molecular flexibility index (Phi) is 8.46. The van der Waals surface area contributed by atoms with Crippen LogP contribution in [0.1, 0.15) is 47.0 Å². The minimum absolute atomic E-state index is 0.343. The fraction of sp³-hybridized carbons (Fsp3) is 1.00. The zero-order valence-corrected chi connectivity index (χ0v) is 9.60. The van der Waals surface area contributed by atoms with Gasteiger partial charge in [0.15, 0.2) is 0 Å². The average Bonchev–Trinajstić information content (AvgIpc) is 2.12. The van der Waals surface area contributed by atoms with Gasteiger partial charge in [-0.25, -0.2) is 0 Å². The van der Waals surface area contributed by atoms with Crippen molar-refractivity contribution in [3.8, 4) is 0 Å². The summed E-state index contributed by atoms with van der Waals surface area (Å²) >= 11 is 0. The van der Waals surface area contributed by atoms with Gasteiger partial charge in [0, 0.05) is 19.2 Å². The van der Waals surface area contributed by atoms with E-state index in [0.717, 1.165) is 13.2 Å². The van der Waals surface area contributed by atoms with E-state index in [1.165, 1.54) is 19.3 Å². The summed E-state index contributed by atoms with van der Waals surface area (Å²) in [7, 11) is 0. The lowest BCUT2D eigenvalue weighted by Gasteiger charge is -2.19. The maximum absolute atomic E-state index is 5.45. The summed E-state index contributed by atoms with van der Waals surface area (Å²) < 4.78 is 5.45. The molecular formula is C11H25NO. The van der Waals surface area contributed by atoms with Gasteiger partial charge in [-0.3, -0.25) is 0 Å². The van der Waals surface area contributed by atoms with Crippen molar-refractivity contribution in [1.29, 1.82) is 0 Å². The zero-order chi connectivity index (χ0) is 10.1. The highest BCUT2D eigenvalue weighted by atomic mass is 16.5. The van der Waals surface area contributed by atoms with Crippen LogP contribution >= 0.6 is 0 Å². The van der Waals surface area contributed by atoms with Gasteiger partial charge in [-0.2, -0.15) is 0 Å². The van der Waals surface area contributed by atoms with Crippen molar-refractivity contribution in [2.45, 2.75) is 59.1 Å². The summed E-state index contributed by atoms with van der Waals surface area (Å²) in [5.41, 5.74) is 0. The van der Waals surface area contributed by atoms with Gasteiger partial charge in [0.2, 0.25) is 0 Å². The van der Waals surface area contributed by atoms with E-state index in [4.69, 9.17) is 4.74 Å². The van der Waals surface area contributed by atoms with E-state index in [2.05, 4.69) is 26.1 Å². The molecule has 80 valence electrons. The lowest BCUT2D eigenvalue weighted by molar-refractivity contribution is 0.0735. The molecule has 0 amide bonds. The van der Waals surface area contributed by atoms with Gasteiger partial charge in [0.05, 0.1) is 6.10 Å². The molecule has 2 atom stereocenters. The monoisotopic (exact) mass is 187 g/mol. The summed E-state index contributed by atoms with van der Waals surface area (Å²) in [5, 5.41) is 3.53. The molecule has 0 aromatic carbocycles. The van der Waals surface area contributed by atoms with Crippen LogP contribution in [0.25, 0.3) is 0 Å². The first-order valence-electron chi connectivity index (χ1n) is 5.59. The predicted octanol–water partition coefficient (Wildman–Crippen LogP) is 2.58. The molecule has 0 saturated heterocycles. The van der Waals surface area contributed by atoms with E-state index < -0.39 is 0 Å². The maximum atomic E-state index is 5.45. The molecule has 0 rings (SSSR count). The van der Waals surface area contributed by atoms with E-state index in [-0.39, 0.29) is 0 Å². The first-order chi connectivity index (χ1) is 6.24. The molecule has 1 N–H and O–H groups in total. The number of rotatable bonds is 8. The van der Waals surface area contributed by atoms with Gasteiger partial charge in [0.25, 0.3) is 0 Å². The fourth-order valence-electron chi connectivity index (χ4n) is 1.48. The molecule has 0 fully saturated rings. The summed E-state index contributed by atoms with van der Waals surface area (Å²) in [6, 6.07) is 0.674. The summed E-state index contributed by atoms with van der Waals surface area (Å²) in [4.78, 5) is 0. The molecule has 0 aromatic heterocycles. The largest absolute Gasteiger partial charge is 0.377 e. The molecule has 2 heteroatoms. The molecule has 0 saturated carbocycles. The molecule has 0 aliphatic rings. The maximum Gasteiger partial charge on any atom is 0.0671 e. The Balaban J connectivity index is 3.46. The molecular weight excluding hydrogens is 162 g/mol. The SMILES string of the molecule is CCCC(CC)NCC(C)OCC. The third-order valence-electron chi connectivity index (χ3n) is 2.28. The Hall–Kier alpha value is -0.0800. The quantitative estimate of drug-likeness (QED) is 0.630. The first kappa shape index (κ1) is 12.9. The highest BCUT2D eigenvalue weighted by molar-refractivity contribution is 4.66. The Labute approximate surface area is 83.1 Å². The normalized spacial score (nSPS) is 15.7. The molecule has 13 heavy (non-hydrogen) atoms. The van der Waals surface area contributed by atoms with Crippen LogP contribution in [-0.2, 0) is 4.74 Å². The summed E-state index contributed by atoms with van der Waals surface area (Å²) in [5.74, 6) is 0. The van der Waals surface area contributed by atoms with Crippen LogP contribution in [0.4, 0.5) is 0 Å². The van der Waals surface area contributed by atoms with Gasteiger partial charge >= 0.3 is 0 Å². The van der Waals surface area contributed by atoms with E-state index in [9.17, 15) is 0 Å². The standard InChI is InChI=1S/C11H25NO/c1-5-8-11(6-2)12-9-10(4)13-7-3/h10-12H,5-9H2,1-4H3. The Morgan fingerprint density at radius 1 is 1.23 bits per heavy atom. The van der Waals surface area contributed by atoms with Crippen molar-refractivity contribution >= 4 is 0 Å². The van der Waals surface area contributed by atoms with Gasteiger partial charge in [0.1, 0.15) is 0 Å². The molecule has 0 aliphatic carbocycles. The molecule has 0 radical (unpaired) electrons. The van der Waals surface area contributed by atoms with Crippen LogP contribution in [0.2, 0.25) is 0 Å². The van der Waals surface area contributed by atoms with Crippen LogP contribution in [-0.4, -0.2) is 25.3 Å². The van der Waals surface area contributed by atoms with Gasteiger partial charge in [-0.15, -0.1) is 0 Å². The van der Waals surface area contributed by atoms with Crippen LogP contribution in [0, 0.1) is 0 Å². The van der Waals surface area contributed by atoms with Gasteiger partial charge in [-0.1, -0.05) is 20.3 Å².